The molecule has 0 aliphatic rings. The van der Waals surface area contributed by atoms with Gasteiger partial charge in [-0.15, -0.1) is 0 Å². The Labute approximate surface area is 120 Å². The second kappa shape index (κ2) is 8.32. The quantitative estimate of drug-likeness (QED) is 0.744. The molecule has 0 heterocycles. The summed E-state index contributed by atoms with van der Waals surface area (Å²) in [7, 11) is 1.48. The van der Waals surface area contributed by atoms with Crippen molar-refractivity contribution in [2.75, 3.05) is 7.05 Å². The van der Waals surface area contributed by atoms with Crippen LogP contribution in [0.25, 0.3) is 0 Å². The summed E-state index contributed by atoms with van der Waals surface area (Å²) < 4.78 is 0. The van der Waals surface area contributed by atoms with E-state index in [1.54, 1.807) is 0 Å². The first kappa shape index (κ1) is 16.2. The molecule has 1 aromatic carbocycles. The van der Waals surface area contributed by atoms with Gasteiger partial charge in [0.2, 0.25) is 5.91 Å². The largest absolute Gasteiger partial charge is 0.341 e. The minimum Gasteiger partial charge on any atom is -0.341 e. The lowest BCUT2D eigenvalue weighted by atomic mass is 10.0. The highest BCUT2D eigenvalue weighted by Gasteiger charge is 2.23. The maximum absolute atomic E-state index is 12.2. The van der Waals surface area contributed by atoms with Gasteiger partial charge in [0.15, 0.2) is 0 Å². The molecule has 0 spiro atoms. The van der Waals surface area contributed by atoms with Gasteiger partial charge in [0.05, 0.1) is 0 Å². The SMILES string of the molecule is CCC(CC)N[C@@H](C(=O)NC(=O)NC)c1ccccc1. The Balaban J connectivity index is 2.89. The van der Waals surface area contributed by atoms with Gasteiger partial charge in [0.25, 0.3) is 0 Å². The Kier molecular flexibility index (Phi) is 6.73. The normalized spacial score (nSPS) is 12.0. The number of urea groups is 1. The van der Waals surface area contributed by atoms with Gasteiger partial charge in [-0.3, -0.25) is 15.4 Å². The van der Waals surface area contributed by atoms with Gasteiger partial charge in [-0.25, -0.2) is 4.79 Å². The maximum Gasteiger partial charge on any atom is 0.321 e. The van der Waals surface area contributed by atoms with Gasteiger partial charge in [-0.2, -0.15) is 0 Å². The van der Waals surface area contributed by atoms with E-state index in [9.17, 15) is 9.59 Å². The summed E-state index contributed by atoms with van der Waals surface area (Å²) in [5.74, 6) is -0.345. The summed E-state index contributed by atoms with van der Waals surface area (Å²) in [5, 5.41) is 8.02. The molecule has 0 saturated heterocycles. The molecule has 0 saturated carbocycles. The Morgan fingerprint density at radius 3 is 2.20 bits per heavy atom. The zero-order chi connectivity index (χ0) is 15.0. The van der Waals surface area contributed by atoms with Crippen LogP contribution in [0.4, 0.5) is 4.79 Å². The van der Waals surface area contributed by atoms with Gasteiger partial charge in [0, 0.05) is 13.1 Å². The monoisotopic (exact) mass is 277 g/mol. The van der Waals surface area contributed by atoms with Crippen LogP contribution in [0, 0.1) is 0 Å². The second-order valence-corrected chi connectivity index (χ2v) is 4.59. The number of rotatable bonds is 6. The van der Waals surface area contributed by atoms with E-state index < -0.39 is 12.1 Å². The van der Waals surface area contributed by atoms with Crippen molar-refractivity contribution in [2.45, 2.75) is 38.8 Å². The van der Waals surface area contributed by atoms with Crippen LogP contribution >= 0.6 is 0 Å². The highest BCUT2D eigenvalue weighted by molar-refractivity contribution is 5.97. The van der Waals surface area contributed by atoms with Gasteiger partial charge >= 0.3 is 6.03 Å². The molecule has 0 bridgehead atoms. The predicted octanol–water partition coefficient (Wildman–Crippen LogP) is 1.96. The van der Waals surface area contributed by atoms with E-state index in [-0.39, 0.29) is 11.9 Å². The minimum atomic E-state index is -0.529. The van der Waals surface area contributed by atoms with E-state index in [0.29, 0.717) is 0 Å². The van der Waals surface area contributed by atoms with Crippen molar-refractivity contribution in [3.63, 3.8) is 0 Å². The Morgan fingerprint density at radius 1 is 1.10 bits per heavy atom. The fraction of sp³-hybridized carbons (Fsp3) is 0.467. The van der Waals surface area contributed by atoms with E-state index >= 15 is 0 Å². The summed E-state index contributed by atoms with van der Waals surface area (Å²) in [6.45, 7) is 4.14. The third kappa shape index (κ3) is 4.66. The average molecular weight is 277 g/mol. The summed E-state index contributed by atoms with van der Waals surface area (Å²) in [5.41, 5.74) is 0.848. The molecule has 1 atom stereocenters. The summed E-state index contributed by atoms with van der Waals surface area (Å²) in [6, 6.07) is 8.62. The van der Waals surface area contributed by atoms with E-state index in [1.807, 2.05) is 30.3 Å². The van der Waals surface area contributed by atoms with Crippen LogP contribution in [0.2, 0.25) is 0 Å². The first-order chi connectivity index (χ1) is 9.62. The molecular weight excluding hydrogens is 254 g/mol. The zero-order valence-corrected chi connectivity index (χ0v) is 12.3. The van der Waals surface area contributed by atoms with Gasteiger partial charge in [0.1, 0.15) is 6.04 Å². The molecular formula is C15H23N3O2. The fourth-order valence-electron chi connectivity index (χ4n) is 1.98. The van der Waals surface area contributed by atoms with Gasteiger partial charge in [-0.05, 0) is 18.4 Å². The number of benzene rings is 1. The van der Waals surface area contributed by atoms with E-state index in [0.717, 1.165) is 18.4 Å². The van der Waals surface area contributed by atoms with Crippen molar-refractivity contribution in [2.24, 2.45) is 0 Å². The molecule has 0 unspecified atom stereocenters. The third-order valence-electron chi connectivity index (χ3n) is 3.25. The molecule has 5 heteroatoms. The Hall–Kier alpha value is -1.88. The number of carbonyl (C=O) groups excluding carboxylic acids is 2. The van der Waals surface area contributed by atoms with Crippen molar-refractivity contribution in [1.29, 1.82) is 0 Å². The summed E-state index contributed by atoms with van der Waals surface area (Å²) in [6.07, 6.45) is 1.85. The molecule has 1 aromatic rings. The molecule has 0 radical (unpaired) electrons. The van der Waals surface area contributed by atoms with Crippen LogP contribution in [0.3, 0.4) is 0 Å². The predicted molar refractivity (Wildman–Crippen MR) is 79.3 cm³/mol. The van der Waals surface area contributed by atoms with E-state index in [4.69, 9.17) is 0 Å². The topological polar surface area (TPSA) is 70.2 Å². The molecule has 0 fully saturated rings. The average Bonchev–Trinajstić information content (AvgIpc) is 2.49. The lowest BCUT2D eigenvalue weighted by Crippen LogP contribution is -2.46. The van der Waals surface area contributed by atoms with Crippen LogP contribution in [-0.4, -0.2) is 25.0 Å². The molecule has 20 heavy (non-hydrogen) atoms. The lowest BCUT2D eigenvalue weighted by Gasteiger charge is -2.23. The second-order valence-electron chi connectivity index (χ2n) is 4.59. The molecule has 0 aliphatic heterocycles. The smallest absolute Gasteiger partial charge is 0.321 e. The maximum atomic E-state index is 12.2. The highest BCUT2D eigenvalue weighted by atomic mass is 16.2. The van der Waals surface area contributed by atoms with Crippen LogP contribution in [0.1, 0.15) is 38.3 Å². The number of amides is 3. The van der Waals surface area contributed by atoms with E-state index in [1.165, 1.54) is 7.05 Å². The summed E-state index contributed by atoms with van der Waals surface area (Å²) >= 11 is 0. The van der Waals surface area contributed by atoms with Crippen molar-refractivity contribution in [3.05, 3.63) is 35.9 Å². The van der Waals surface area contributed by atoms with E-state index in [2.05, 4.69) is 29.8 Å². The number of hydrogen-bond acceptors (Lipinski definition) is 3. The number of nitrogens with one attached hydrogen (secondary N) is 3. The first-order valence-corrected chi connectivity index (χ1v) is 6.95. The van der Waals surface area contributed by atoms with Crippen LogP contribution in [0.5, 0.6) is 0 Å². The first-order valence-electron chi connectivity index (χ1n) is 6.95. The molecule has 1 rings (SSSR count). The molecule has 0 aromatic heterocycles. The van der Waals surface area contributed by atoms with Gasteiger partial charge in [-0.1, -0.05) is 44.2 Å². The van der Waals surface area contributed by atoms with Gasteiger partial charge < -0.3 is 5.32 Å². The van der Waals surface area contributed by atoms with Crippen LogP contribution in [-0.2, 0) is 4.79 Å². The molecule has 110 valence electrons. The van der Waals surface area contributed by atoms with Crippen molar-refractivity contribution >= 4 is 11.9 Å². The van der Waals surface area contributed by atoms with Crippen molar-refractivity contribution in [3.8, 4) is 0 Å². The number of imide groups is 1. The summed E-state index contributed by atoms with van der Waals surface area (Å²) in [4.78, 5) is 23.6. The Morgan fingerprint density at radius 2 is 1.70 bits per heavy atom. The molecule has 3 amide bonds. The van der Waals surface area contributed by atoms with Crippen LogP contribution < -0.4 is 16.0 Å². The lowest BCUT2D eigenvalue weighted by molar-refractivity contribution is -0.122. The number of carbonyl (C=O) groups is 2. The number of hydrogen-bond donors (Lipinski definition) is 3. The fourth-order valence-corrected chi connectivity index (χ4v) is 1.98. The van der Waals surface area contributed by atoms with Crippen molar-refractivity contribution < 1.29 is 9.59 Å². The molecule has 3 N–H and O–H groups in total. The highest BCUT2D eigenvalue weighted by Crippen LogP contribution is 2.15. The molecule has 5 nitrogen and oxygen atoms in total. The third-order valence-corrected chi connectivity index (χ3v) is 3.25. The minimum absolute atomic E-state index is 0.232. The standard InChI is InChI=1S/C15H23N3O2/c1-4-12(5-2)17-13(11-9-7-6-8-10-11)14(19)18-15(20)16-3/h6-10,12-13,17H,4-5H2,1-3H3,(H2,16,18,19,20)/t13-/m1/s1. The van der Waals surface area contributed by atoms with Crippen LogP contribution in [0.15, 0.2) is 30.3 Å². The zero-order valence-electron chi connectivity index (χ0n) is 12.3. The Bertz CT molecular complexity index is 430. The van der Waals surface area contributed by atoms with Crippen molar-refractivity contribution in [1.82, 2.24) is 16.0 Å². The molecule has 0 aliphatic carbocycles.